The van der Waals surface area contributed by atoms with Crippen molar-refractivity contribution in [3.05, 3.63) is 39.2 Å². The van der Waals surface area contributed by atoms with Crippen molar-refractivity contribution in [3.63, 3.8) is 0 Å². The van der Waals surface area contributed by atoms with Crippen LogP contribution in [0.2, 0.25) is 0 Å². The lowest BCUT2D eigenvalue weighted by Crippen LogP contribution is -2.23. The van der Waals surface area contributed by atoms with Crippen LogP contribution in [-0.2, 0) is 0 Å². The van der Waals surface area contributed by atoms with E-state index in [2.05, 4.69) is 17.5 Å². The van der Waals surface area contributed by atoms with Gasteiger partial charge >= 0.3 is 0 Å². The second kappa shape index (κ2) is 4.45. The number of rotatable bonds is 1. The van der Waals surface area contributed by atoms with E-state index in [9.17, 15) is 5.26 Å². The molecule has 0 spiro atoms. The summed E-state index contributed by atoms with van der Waals surface area (Å²) in [4.78, 5) is 1.03. The van der Waals surface area contributed by atoms with Gasteiger partial charge in [-0.1, -0.05) is 13.0 Å². The Morgan fingerprint density at radius 3 is 2.53 bits per heavy atom. The van der Waals surface area contributed by atoms with Gasteiger partial charge in [0.25, 0.3) is 0 Å². The Kier molecular flexibility index (Phi) is 2.99. The first-order valence-corrected chi connectivity index (χ1v) is 6.13. The third-order valence-electron chi connectivity index (χ3n) is 2.86. The molecule has 17 heavy (non-hydrogen) atoms. The molecule has 0 saturated heterocycles. The van der Waals surface area contributed by atoms with Gasteiger partial charge in [-0.05, 0) is 18.4 Å². The van der Waals surface area contributed by atoms with Crippen LogP contribution >= 0.6 is 11.3 Å². The fraction of sp³-hybridized carbons (Fsp3) is 0.231. The Labute approximate surface area is 104 Å². The summed E-state index contributed by atoms with van der Waals surface area (Å²) < 4.78 is 0. The van der Waals surface area contributed by atoms with E-state index in [4.69, 9.17) is 5.26 Å². The number of hydrogen-bond acceptors (Lipinski definition) is 4. The van der Waals surface area contributed by atoms with Crippen LogP contribution in [0.3, 0.4) is 0 Å². The van der Waals surface area contributed by atoms with Gasteiger partial charge in [-0.3, -0.25) is 0 Å². The van der Waals surface area contributed by atoms with Crippen LogP contribution in [0.25, 0.3) is 5.70 Å². The zero-order valence-corrected chi connectivity index (χ0v) is 10.4. The van der Waals surface area contributed by atoms with Crippen LogP contribution in [0.5, 0.6) is 0 Å². The highest BCUT2D eigenvalue weighted by Gasteiger charge is 2.26. The highest BCUT2D eigenvalue weighted by Crippen LogP contribution is 2.33. The monoisotopic (exact) mass is 241 g/mol. The number of nitrogens with zero attached hydrogens (tertiary/aromatic N) is 2. The molecule has 1 N–H and O–H groups in total. The first-order chi connectivity index (χ1) is 8.19. The number of nitriles is 2. The van der Waals surface area contributed by atoms with Crippen LogP contribution in [0.1, 0.15) is 18.7 Å². The van der Waals surface area contributed by atoms with Gasteiger partial charge in [0.15, 0.2) is 0 Å². The summed E-state index contributed by atoms with van der Waals surface area (Å²) in [6, 6.07) is 8.31. The molecule has 0 amide bonds. The molecule has 1 atom stereocenters. The Balaban J connectivity index is 2.54. The predicted molar refractivity (Wildman–Crippen MR) is 67.5 cm³/mol. The minimum absolute atomic E-state index is 0.136. The van der Waals surface area contributed by atoms with Crippen molar-refractivity contribution >= 4 is 17.0 Å². The summed E-state index contributed by atoms with van der Waals surface area (Å²) >= 11 is 1.58. The first kappa shape index (κ1) is 11.4. The van der Waals surface area contributed by atoms with E-state index < -0.39 is 0 Å². The van der Waals surface area contributed by atoms with Gasteiger partial charge in [0.2, 0.25) is 0 Å². The molecule has 2 rings (SSSR count). The normalized spacial score (nSPS) is 19.6. The number of hydrogen-bond donors (Lipinski definition) is 1. The number of dihydropyridines is 1. The van der Waals surface area contributed by atoms with Crippen molar-refractivity contribution in [2.24, 2.45) is 5.92 Å². The summed E-state index contributed by atoms with van der Waals surface area (Å²) in [5.74, 6) is -0.136. The van der Waals surface area contributed by atoms with E-state index in [1.54, 1.807) is 11.3 Å². The Bertz CT molecular complexity index is 579. The van der Waals surface area contributed by atoms with Gasteiger partial charge in [-0.15, -0.1) is 11.3 Å². The summed E-state index contributed by atoms with van der Waals surface area (Å²) in [6.45, 7) is 3.77. The predicted octanol–water partition coefficient (Wildman–Crippen LogP) is 3.02. The Morgan fingerprint density at radius 1 is 1.29 bits per heavy atom. The van der Waals surface area contributed by atoms with Crippen molar-refractivity contribution in [1.29, 1.82) is 10.5 Å². The van der Waals surface area contributed by atoms with Crippen LogP contribution < -0.4 is 5.32 Å². The first-order valence-electron chi connectivity index (χ1n) is 5.25. The van der Waals surface area contributed by atoms with Gasteiger partial charge in [-0.25, -0.2) is 0 Å². The Hall–Kier alpha value is -2.04. The SMILES string of the molecule is CC1=C(C#N)[C@@H](C)C(C#N)=C(c2cccs2)N1. The largest absolute Gasteiger partial charge is 0.356 e. The second-order valence-corrected chi connectivity index (χ2v) is 4.82. The molecule has 84 valence electrons. The fourth-order valence-corrected chi connectivity index (χ4v) is 2.70. The standard InChI is InChI=1S/C13H11N3S/c1-8-10(6-14)9(2)16-13(11(8)7-15)12-4-3-5-17-12/h3-5,8,16H,1-2H3/t8-/m1/s1. The lowest BCUT2D eigenvalue weighted by atomic mass is 9.88. The molecule has 3 nitrogen and oxygen atoms in total. The average molecular weight is 241 g/mol. The quantitative estimate of drug-likeness (QED) is 0.822. The van der Waals surface area contributed by atoms with E-state index in [0.717, 1.165) is 16.3 Å². The van der Waals surface area contributed by atoms with E-state index in [0.29, 0.717) is 11.1 Å². The lowest BCUT2D eigenvalue weighted by Gasteiger charge is -2.24. The summed E-state index contributed by atoms with van der Waals surface area (Å²) in [5.41, 5.74) is 2.95. The van der Waals surface area contributed by atoms with Crippen molar-refractivity contribution < 1.29 is 0 Å². The van der Waals surface area contributed by atoms with Gasteiger partial charge in [-0.2, -0.15) is 10.5 Å². The van der Waals surface area contributed by atoms with Gasteiger partial charge in [0, 0.05) is 11.6 Å². The third kappa shape index (κ3) is 1.84. The minimum atomic E-state index is -0.136. The summed E-state index contributed by atoms with van der Waals surface area (Å²) in [6.07, 6.45) is 0. The zero-order valence-electron chi connectivity index (χ0n) is 9.61. The lowest BCUT2D eigenvalue weighted by molar-refractivity contribution is 0.792. The number of allylic oxidation sites excluding steroid dienone is 3. The highest BCUT2D eigenvalue weighted by molar-refractivity contribution is 7.11. The van der Waals surface area contributed by atoms with Gasteiger partial charge < -0.3 is 5.32 Å². The molecule has 0 radical (unpaired) electrons. The molecule has 0 fully saturated rings. The molecule has 0 saturated carbocycles. The summed E-state index contributed by atoms with van der Waals surface area (Å²) in [5, 5.41) is 23.5. The maximum atomic E-state index is 9.25. The smallest absolute Gasteiger partial charge is 0.0976 e. The molecule has 0 unspecified atom stereocenters. The van der Waals surface area contributed by atoms with Gasteiger partial charge in [0.1, 0.15) is 0 Å². The van der Waals surface area contributed by atoms with Crippen LogP contribution in [0.4, 0.5) is 0 Å². The highest BCUT2D eigenvalue weighted by atomic mass is 32.1. The molecular weight excluding hydrogens is 230 g/mol. The maximum absolute atomic E-state index is 9.25. The van der Waals surface area contributed by atoms with E-state index in [1.165, 1.54) is 0 Å². The molecule has 1 aliphatic heterocycles. The molecular formula is C13H11N3S. The molecule has 4 heteroatoms. The molecule has 0 bridgehead atoms. The maximum Gasteiger partial charge on any atom is 0.0976 e. The van der Waals surface area contributed by atoms with Crippen LogP contribution in [0.15, 0.2) is 34.4 Å². The van der Waals surface area contributed by atoms with E-state index >= 15 is 0 Å². The van der Waals surface area contributed by atoms with Gasteiger partial charge in [0.05, 0.1) is 33.9 Å². The van der Waals surface area contributed by atoms with Crippen molar-refractivity contribution in [3.8, 4) is 12.1 Å². The average Bonchev–Trinajstić information content (AvgIpc) is 2.82. The zero-order chi connectivity index (χ0) is 12.4. The van der Waals surface area contributed by atoms with E-state index in [-0.39, 0.29) is 5.92 Å². The molecule has 1 aromatic rings. The van der Waals surface area contributed by atoms with Crippen molar-refractivity contribution in [2.75, 3.05) is 0 Å². The molecule has 0 aliphatic carbocycles. The van der Waals surface area contributed by atoms with Crippen LogP contribution in [-0.4, -0.2) is 0 Å². The van der Waals surface area contributed by atoms with Crippen LogP contribution in [0, 0.1) is 28.6 Å². The number of thiophene rings is 1. The van der Waals surface area contributed by atoms with E-state index in [1.807, 2.05) is 31.4 Å². The third-order valence-corrected chi connectivity index (χ3v) is 3.75. The van der Waals surface area contributed by atoms with Crippen molar-refractivity contribution in [1.82, 2.24) is 5.32 Å². The minimum Gasteiger partial charge on any atom is -0.356 e. The molecule has 1 aliphatic rings. The molecule has 2 heterocycles. The Morgan fingerprint density at radius 2 is 2.00 bits per heavy atom. The number of nitrogens with one attached hydrogen (secondary N) is 1. The molecule has 1 aromatic heterocycles. The second-order valence-electron chi connectivity index (χ2n) is 3.87. The topological polar surface area (TPSA) is 59.6 Å². The molecule has 0 aromatic carbocycles. The fourth-order valence-electron chi connectivity index (χ4n) is 1.96. The van der Waals surface area contributed by atoms with Crippen molar-refractivity contribution in [2.45, 2.75) is 13.8 Å². The summed E-state index contributed by atoms with van der Waals surface area (Å²) in [7, 11) is 0.